The number of furan rings is 1. The Morgan fingerprint density at radius 1 is 1.32 bits per heavy atom. The van der Waals surface area contributed by atoms with Gasteiger partial charge in [-0.2, -0.15) is 5.10 Å². The van der Waals surface area contributed by atoms with Crippen LogP contribution < -0.4 is 5.32 Å². The van der Waals surface area contributed by atoms with E-state index in [0.717, 1.165) is 24.2 Å². The van der Waals surface area contributed by atoms with Gasteiger partial charge in [-0.3, -0.25) is 14.5 Å². The highest BCUT2D eigenvalue weighted by molar-refractivity contribution is 7.71. The van der Waals surface area contributed by atoms with Gasteiger partial charge in [0.25, 0.3) is 0 Å². The maximum Gasteiger partial charge on any atom is 0.240 e. The van der Waals surface area contributed by atoms with Crippen LogP contribution in [0.3, 0.4) is 0 Å². The van der Waals surface area contributed by atoms with E-state index in [1.807, 2.05) is 42.5 Å². The first-order valence-electron chi connectivity index (χ1n) is 8.20. The SMILES string of the molecule is CCCc1n[nH]c(=S)n1CC(=O)NC(c1ccccc1)c1ccco1. The van der Waals surface area contributed by atoms with Crippen LogP contribution in [0.1, 0.15) is 36.5 Å². The molecule has 0 fully saturated rings. The van der Waals surface area contributed by atoms with Crippen LogP contribution in [0.4, 0.5) is 0 Å². The molecule has 6 nitrogen and oxygen atoms in total. The number of aromatic nitrogens is 3. The highest BCUT2D eigenvalue weighted by Crippen LogP contribution is 2.22. The molecule has 25 heavy (non-hydrogen) atoms. The molecule has 3 aromatic rings. The fraction of sp³-hybridized carbons (Fsp3) is 0.278. The molecule has 1 aromatic carbocycles. The van der Waals surface area contributed by atoms with Gasteiger partial charge in [0.1, 0.15) is 24.2 Å². The molecule has 0 radical (unpaired) electrons. The number of amides is 1. The monoisotopic (exact) mass is 356 g/mol. The van der Waals surface area contributed by atoms with Gasteiger partial charge >= 0.3 is 0 Å². The number of carbonyl (C=O) groups excluding carboxylic acids is 1. The van der Waals surface area contributed by atoms with E-state index >= 15 is 0 Å². The summed E-state index contributed by atoms with van der Waals surface area (Å²) >= 11 is 5.24. The van der Waals surface area contributed by atoms with E-state index in [4.69, 9.17) is 16.6 Å². The summed E-state index contributed by atoms with van der Waals surface area (Å²) in [5, 5.41) is 9.98. The Kier molecular flexibility index (Phi) is 5.45. The number of carbonyl (C=O) groups is 1. The van der Waals surface area contributed by atoms with Gasteiger partial charge in [-0.25, -0.2) is 0 Å². The quantitative estimate of drug-likeness (QED) is 0.636. The summed E-state index contributed by atoms with van der Waals surface area (Å²) < 4.78 is 7.70. The zero-order valence-electron chi connectivity index (χ0n) is 13.9. The molecule has 0 aliphatic rings. The largest absolute Gasteiger partial charge is 0.467 e. The normalized spacial score (nSPS) is 12.0. The van der Waals surface area contributed by atoms with Gasteiger partial charge in [-0.05, 0) is 36.3 Å². The van der Waals surface area contributed by atoms with Crippen LogP contribution in [0.5, 0.6) is 0 Å². The van der Waals surface area contributed by atoms with Crippen molar-refractivity contribution >= 4 is 18.1 Å². The zero-order valence-corrected chi connectivity index (χ0v) is 14.8. The highest BCUT2D eigenvalue weighted by Gasteiger charge is 2.20. The van der Waals surface area contributed by atoms with E-state index < -0.39 is 0 Å². The van der Waals surface area contributed by atoms with Gasteiger partial charge in [0.2, 0.25) is 5.91 Å². The number of H-pyrrole nitrogens is 1. The Bertz CT molecular complexity index is 868. The number of nitrogens with one attached hydrogen (secondary N) is 2. The number of hydrogen-bond donors (Lipinski definition) is 2. The van der Waals surface area contributed by atoms with Gasteiger partial charge in [-0.15, -0.1) is 0 Å². The number of nitrogens with zero attached hydrogens (tertiary/aromatic N) is 2. The maximum atomic E-state index is 12.6. The summed E-state index contributed by atoms with van der Waals surface area (Å²) in [6.45, 7) is 2.18. The lowest BCUT2D eigenvalue weighted by Crippen LogP contribution is -2.32. The topological polar surface area (TPSA) is 75.8 Å². The molecule has 7 heteroatoms. The van der Waals surface area contributed by atoms with Crippen molar-refractivity contribution in [2.24, 2.45) is 0 Å². The van der Waals surface area contributed by atoms with Crippen molar-refractivity contribution in [2.75, 3.05) is 0 Å². The summed E-state index contributed by atoms with van der Waals surface area (Å²) in [5.74, 6) is 1.32. The zero-order chi connectivity index (χ0) is 17.6. The van der Waals surface area contributed by atoms with Gasteiger partial charge in [0.05, 0.1) is 6.26 Å². The maximum absolute atomic E-state index is 12.6. The lowest BCUT2D eigenvalue weighted by molar-refractivity contribution is -0.122. The summed E-state index contributed by atoms with van der Waals surface area (Å²) in [5.41, 5.74) is 0.954. The van der Waals surface area contributed by atoms with Crippen molar-refractivity contribution in [1.82, 2.24) is 20.1 Å². The second-order valence-electron chi connectivity index (χ2n) is 5.71. The Hall–Kier alpha value is -2.67. The standard InChI is InChI=1S/C18H20N4O2S/c1-2-7-15-20-21-18(25)22(15)12-16(23)19-17(14-10-6-11-24-14)13-8-4-3-5-9-13/h3-6,8-11,17H,2,7,12H2,1H3,(H,19,23)(H,21,25). The Morgan fingerprint density at radius 2 is 2.12 bits per heavy atom. The first kappa shape index (κ1) is 17.2. The minimum atomic E-state index is -0.348. The summed E-state index contributed by atoms with van der Waals surface area (Å²) in [7, 11) is 0. The van der Waals surface area contributed by atoms with Gasteiger partial charge < -0.3 is 9.73 Å². The molecule has 0 saturated carbocycles. The van der Waals surface area contributed by atoms with Crippen LogP contribution in [0.2, 0.25) is 0 Å². The molecule has 0 spiro atoms. The number of aromatic amines is 1. The third-order valence-corrected chi connectivity index (χ3v) is 4.19. The van der Waals surface area contributed by atoms with Crippen molar-refractivity contribution in [3.63, 3.8) is 0 Å². The molecule has 0 saturated heterocycles. The molecule has 130 valence electrons. The van der Waals surface area contributed by atoms with E-state index in [9.17, 15) is 4.79 Å². The van der Waals surface area contributed by atoms with Crippen molar-refractivity contribution < 1.29 is 9.21 Å². The van der Waals surface area contributed by atoms with E-state index in [-0.39, 0.29) is 18.5 Å². The average molecular weight is 356 g/mol. The molecular formula is C18H20N4O2S. The highest BCUT2D eigenvalue weighted by atomic mass is 32.1. The van der Waals surface area contributed by atoms with Crippen LogP contribution in [0.15, 0.2) is 53.1 Å². The number of benzene rings is 1. The third-order valence-electron chi connectivity index (χ3n) is 3.88. The number of rotatable bonds is 7. The Morgan fingerprint density at radius 3 is 2.80 bits per heavy atom. The average Bonchev–Trinajstić information content (AvgIpc) is 3.26. The van der Waals surface area contributed by atoms with Gasteiger partial charge in [-0.1, -0.05) is 37.3 Å². The van der Waals surface area contributed by atoms with Crippen LogP contribution in [0.25, 0.3) is 0 Å². The molecule has 2 aromatic heterocycles. The first-order valence-corrected chi connectivity index (χ1v) is 8.61. The lowest BCUT2D eigenvalue weighted by Gasteiger charge is -2.17. The molecule has 2 heterocycles. The van der Waals surface area contributed by atoms with Crippen LogP contribution in [-0.4, -0.2) is 20.7 Å². The minimum Gasteiger partial charge on any atom is -0.467 e. The van der Waals surface area contributed by atoms with Gasteiger partial charge in [0.15, 0.2) is 4.77 Å². The van der Waals surface area contributed by atoms with E-state index in [1.54, 1.807) is 10.8 Å². The molecular weight excluding hydrogens is 336 g/mol. The van der Waals surface area contributed by atoms with Crippen molar-refractivity contribution in [3.8, 4) is 0 Å². The summed E-state index contributed by atoms with van der Waals surface area (Å²) in [4.78, 5) is 12.6. The summed E-state index contributed by atoms with van der Waals surface area (Å²) in [6.07, 6.45) is 3.30. The second-order valence-corrected chi connectivity index (χ2v) is 6.09. The molecule has 0 bridgehead atoms. The molecule has 1 unspecified atom stereocenters. The molecule has 0 aliphatic heterocycles. The predicted molar refractivity (Wildman–Crippen MR) is 96.5 cm³/mol. The number of aryl methyl sites for hydroxylation is 1. The van der Waals surface area contributed by atoms with Gasteiger partial charge in [0, 0.05) is 6.42 Å². The first-order chi connectivity index (χ1) is 12.2. The van der Waals surface area contributed by atoms with Crippen molar-refractivity contribution in [2.45, 2.75) is 32.4 Å². The van der Waals surface area contributed by atoms with Crippen molar-refractivity contribution in [1.29, 1.82) is 0 Å². The van der Waals surface area contributed by atoms with E-state index in [2.05, 4.69) is 22.4 Å². The van der Waals surface area contributed by atoms with Crippen LogP contribution in [0, 0.1) is 4.77 Å². The molecule has 3 rings (SSSR count). The summed E-state index contributed by atoms with van der Waals surface area (Å²) in [6, 6.07) is 13.0. The fourth-order valence-electron chi connectivity index (χ4n) is 2.70. The fourth-order valence-corrected chi connectivity index (χ4v) is 2.91. The smallest absolute Gasteiger partial charge is 0.240 e. The Balaban J connectivity index is 1.80. The van der Waals surface area contributed by atoms with Crippen LogP contribution in [-0.2, 0) is 17.8 Å². The predicted octanol–water partition coefficient (Wildman–Crippen LogP) is 3.39. The molecule has 2 N–H and O–H groups in total. The molecule has 1 amide bonds. The van der Waals surface area contributed by atoms with E-state index in [0.29, 0.717) is 10.5 Å². The minimum absolute atomic E-state index is 0.120. The third kappa shape index (κ3) is 4.06. The van der Waals surface area contributed by atoms with E-state index in [1.165, 1.54) is 0 Å². The van der Waals surface area contributed by atoms with Crippen LogP contribution >= 0.6 is 12.2 Å². The number of hydrogen-bond acceptors (Lipinski definition) is 4. The molecule has 0 aliphatic carbocycles. The van der Waals surface area contributed by atoms with Crippen molar-refractivity contribution in [3.05, 3.63) is 70.6 Å². The second kappa shape index (κ2) is 7.94. The lowest BCUT2D eigenvalue weighted by atomic mass is 10.0. The molecule has 1 atom stereocenters. The Labute approximate surface area is 150 Å².